The van der Waals surface area contributed by atoms with Crippen LogP contribution in [0.5, 0.6) is 0 Å². The summed E-state index contributed by atoms with van der Waals surface area (Å²) in [5.74, 6) is 0. The highest BCUT2D eigenvalue weighted by atomic mass is 16.7. The highest BCUT2D eigenvalue weighted by Crippen LogP contribution is 2.36. The molecule has 0 aromatic heterocycles. The Bertz CT molecular complexity index is 400. The van der Waals surface area contributed by atoms with Crippen LogP contribution in [0.15, 0.2) is 30.3 Å². The van der Waals surface area contributed by atoms with Gasteiger partial charge in [0.15, 0.2) is 0 Å². The Kier molecular flexibility index (Phi) is 4.80. The maximum atomic E-state index is 11.6. The van der Waals surface area contributed by atoms with Gasteiger partial charge in [0.1, 0.15) is 0 Å². The molecule has 1 aromatic carbocycles. The van der Waals surface area contributed by atoms with E-state index >= 15 is 0 Å². The van der Waals surface area contributed by atoms with Crippen LogP contribution in [0.25, 0.3) is 0 Å². The standard InChI is InChI=1S/C15H22N2O2/c1-15(9-5-6-10-15)12-16-14(18)17-19-11-13-7-3-2-4-8-13/h2-4,7-8H,5-6,9-12H2,1H3,(H2,16,17,18). The number of hydrogen-bond donors (Lipinski definition) is 2. The predicted molar refractivity (Wildman–Crippen MR) is 74.3 cm³/mol. The minimum atomic E-state index is -0.260. The number of carbonyl (C=O) groups is 1. The number of rotatable bonds is 5. The Balaban J connectivity index is 1.62. The van der Waals surface area contributed by atoms with E-state index in [9.17, 15) is 4.79 Å². The smallest absolute Gasteiger partial charge is 0.336 e. The Morgan fingerprint density at radius 3 is 2.63 bits per heavy atom. The average Bonchev–Trinajstić information content (AvgIpc) is 2.85. The molecule has 0 heterocycles. The zero-order valence-corrected chi connectivity index (χ0v) is 11.4. The molecular weight excluding hydrogens is 240 g/mol. The van der Waals surface area contributed by atoms with Crippen LogP contribution in [-0.2, 0) is 11.4 Å². The van der Waals surface area contributed by atoms with Crippen molar-refractivity contribution in [1.82, 2.24) is 10.8 Å². The van der Waals surface area contributed by atoms with E-state index < -0.39 is 0 Å². The number of urea groups is 1. The summed E-state index contributed by atoms with van der Waals surface area (Å²) in [7, 11) is 0. The summed E-state index contributed by atoms with van der Waals surface area (Å²) >= 11 is 0. The number of amides is 2. The first-order valence-electron chi connectivity index (χ1n) is 6.88. The zero-order valence-electron chi connectivity index (χ0n) is 11.4. The molecule has 1 aliphatic rings. The lowest BCUT2D eigenvalue weighted by Crippen LogP contribution is -2.40. The van der Waals surface area contributed by atoms with Crippen molar-refractivity contribution in [1.29, 1.82) is 0 Å². The lowest BCUT2D eigenvalue weighted by atomic mass is 9.89. The van der Waals surface area contributed by atoms with Crippen LogP contribution >= 0.6 is 0 Å². The van der Waals surface area contributed by atoms with Gasteiger partial charge in [-0.25, -0.2) is 10.3 Å². The van der Waals surface area contributed by atoms with E-state index in [4.69, 9.17) is 4.84 Å². The lowest BCUT2D eigenvalue weighted by molar-refractivity contribution is 0.0482. The van der Waals surface area contributed by atoms with Crippen molar-refractivity contribution in [2.24, 2.45) is 5.41 Å². The Labute approximate surface area is 114 Å². The average molecular weight is 262 g/mol. The molecule has 104 valence electrons. The molecule has 1 fully saturated rings. The third-order valence-corrected chi connectivity index (χ3v) is 3.73. The van der Waals surface area contributed by atoms with Gasteiger partial charge in [-0.05, 0) is 23.8 Å². The maximum Gasteiger partial charge on any atom is 0.338 e. The van der Waals surface area contributed by atoms with Crippen LogP contribution in [-0.4, -0.2) is 12.6 Å². The van der Waals surface area contributed by atoms with E-state index in [0.29, 0.717) is 13.2 Å². The summed E-state index contributed by atoms with van der Waals surface area (Å²) < 4.78 is 0. The fourth-order valence-corrected chi connectivity index (χ4v) is 2.49. The van der Waals surface area contributed by atoms with Crippen LogP contribution in [0.2, 0.25) is 0 Å². The molecule has 1 aromatic rings. The number of nitrogens with one attached hydrogen (secondary N) is 2. The van der Waals surface area contributed by atoms with E-state index in [1.807, 2.05) is 30.3 Å². The maximum absolute atomic E-state index is 11.6. The Hall–Kier alpha value is -1.55. The summed E-state index contributed by atoms with van der Waals surface area (Å²) in [6, 6.07) is 9.49. The normalized spacial score (nSPS) is 17.1. The molecule has 19 heavy (non-hydrogen) atoms. The summed E-state index contributed by atoms with van der Waals surface area (Å²) in [6.45, 7) is 3.32. The largest absolute Gasteiger partial charge is 0.338 e. The van der Waals surface area contributed by atoms with Crippen molar-refractivity contribution < 1.29 is 9.63 Å². The molecule has 1 saturated carbocycles. The molecule has 2 amide bonds. The third kappa shape index (κ3) is 4.56. The van der Waals surface area contributed by atoms with Crippen molar-refractivity contribution in [3.63, 3.8) is 0 Å². The van der Waals surface area contributed by atoms with Crippen molar-refractivity contribution in [3.05, 3.63) is 35.9 Å². The van der Waals surface area contributed by atoms with Gasteiger partial charge in [-0.15, -0.1) is 0 Å². The summed E-state index contributed by atoms with van der Waals surface area (Å²) in [6.07, 6.45) is 4.92. The lowest BCUT2D eigenvalue weighted by Gasteiger charge is -2.23. The Morgan fingerprint density at radius 2 is 1.95 bits per heavy atom. The van der Waals surface area contributed by atoms with E-state index in [1.165, 1.54) is 25.7 Å². The molecule has 2 N–H and O–H groups in total. The van der Waals surface area contributed by atoms with Gasteiger partial charge in [0.05, 0.1) is 6.61 Å². The highest BCUT2D eigenvalue weighted by molar-refractivity contribution is 5.72. The van der Waals surface area contributed by atoms with Crippen molar-refractivity contribution in [2.75, 3.05) is 6.54 Å². The predicted octanol–water partition coefficient (Wildman–Crippen LogP) is 3.00. The third-order valence-electron chi connectivity index (χ3n) is 3.73. The van der Waals surface area contributed by atoms with Crippen LogP contribution in [0.4, 0.5) is 4.79 Å². The molecule has 2 rings (SSSR count). The minimum Gasteiger partial charge on any atom is -0.336 e. The first-order valence-corrected chi connectivity index (χ1v) is 6.88. The van der Waals surface area contributed by atoms with Crippen LogP contribution in [0.3, 0.4) is 0 Å². The minimum absolute atomic E-state index is 0.260. The molecule has 0 aliphatic heterocycles. The van der Waals surface area contributed by atoms with E-state index in [-0.39, 0.29) is 11.4 Å². The van der Waals surface area contributed by atoms with Gasteiger partial charge in [0.2, 0.25) is 0 Å². The van der Waals surface area contributed by atoms with Crippen LogP contribution < -0.4 is 10.8 Å². The molecule has 0 saturated heterocycles. The fraction of sp³-hybridized carbons (Fsp3) is 0.533. The van der Waals surface area contributed by atoms with Gasteiger partial charge in [0.25, 0.3) is 0 Å². The molecule has 0 spiro atoms. The van der Waals surface area contributed by atoms with Crippen molar-refractivity contribution in [2.45, 2.75) is 39.2 Å². The summed E-state index contributed by atoms with van der Waals surface area (Å²) in [4.78, 5) is 16.8. The quantitative estimate of drug-likeness (QED) is 0.801. The Morgan fingerprint density at radius 1 is 1.26 bits per heavy atom. The summed E-state index contributed by atoms with van der Waals surface area (Å²) in [5, 5.41) is 2.88. The summed E-state index contributed by atoms with van der Waals surface area (Å²) in [5.41, 5.74) is 3.72. The SMILES string of the molecule is CC1(CNC(=O)NOCc2ccccc2)CCCC1. The molecule has 4 heteroatoms. The second-order valence-corrected chi connectivity index (χ2v) is 5.58. The molecule has 0 atom stereocenters. The topological polar surface area (TPSA) is 50.4 Å². The van der Waals surface area contributed by atoms with E-state index in [0.717, 1.165) is 5.56 Å². The van der Waals surface area contributed by atoms with Gasteiger partial charge in [0, 0.05) is 6.54 Å². The van der Waals surface area contributed by atoms with Crippen LogP contribution in [0.1, 0.15) is 38.2 Å². The molecule has 4 nitrogen and oxygen atoms in total. The highest BCUT2D eigenvalue weighted by Gasteiger charge is 2.28. The van der Waals surface area contributed by atoms with Gasteiger partial charge >= 0.3 is 6.03 Å². The molecule has 0 bridgehead atoms. The first kappa shape index (κ1) is 13.9. The fourth-order valence-electron chi connectivity index (χ4n) is 2.49. The molecular formula is C15H22N2O2. The van der Waals surface area contributed by atoms with Crippen LogP contribution in [0, 0.1) is 5.41 Å². The van der Waals surface area contributed by atoms with Crippen molar-refractivity contribution in [3.8, 4) is 0 Å². The number of hydrogen-bond acceptors (Lipinski definition) is 2. The van der Waals surface area contributed by atoms with Gasteiger partial charge in [-0.1, -0.05) is 50.1 Å². The zero-order chi connectivity index (χ0) is 13.6. The van der Waals surface area contributed by atoms with E-state index in [2.05, 4.69) is 17.7 Å². The number of carbonyl (C=O) groups excluding carboxylic acids is 1. The first-order chi connectivity index (χ1) is 9.18. The number of benzene rings is 1. The molecule has 0 unspecified atom stereocenters. The second-order valence-electron chi connectivity index (χ2n) is 5.58. The monoisotopic (exact) mass is 262 g/mol. The molecule has 1 aliphatic carbocycles. The van der Waals surface area contributed by atoms with Gasteiger partial charge < -0.3 is 5.32 Å². The second kappa shape index (κ2) is 6.57. The van der Waals surface area contributed by atoms with Gasteiger partial charge in [-0.2, -0.15) is 0 Å². The molecule has 0 radical (unpaired) electrons. The number of hydroxylamine groups is 1. The van der Waals surface area contributed by atoms with E-state index in [1.54, 1.807) is 0 Å². The van der Waals surface area contributed by atoms with Gasteiger partial charge in [-0.3, -0.25) is 4.84 Å². The van der Waals surface area contributed by atoms with Crippen molar-refractivity contribution >= 4 is 6.03 Å².